The molecule has 3 N–H and O–H groups in total. The number of esters is 2. The van der Waals surface area contributed by atoms with Gasteiger partial charge in [-0.1, -0.05) is 216 Å². The number of unbranched alkanes of at least 4 members (excludes halogenated alkanes) is 24. The first-order chi connectivity index (χ1) is 30.3. The van der Waals surface area contributed by atoms with Crippen molar-refractivity contribution in [1.82, 2.24) is 0 Å². The Morgan fingerprint density at radius 1 is 0.500 bits per heavy atom. The number of ether oxygens (including phenoxy) is 2. The molecule has 0 aliphatic carbocycles. The van der Waals surface area contributed by atoms with Crippen LogP contribution in [0.3, 0.4) is 0 Å². The fourth-order valence-electron chi connectivity index (χ4n) is 6.96. The molecule has 360 valence electrons. The molecule has 0 saturated carbocycles. The van der Waals surface area contributed by atoms with Crippen LogP contribution in [0, 0.1) is 0 Å². The smallest absolute Gasteiger partial charge is 0.462 e. The fourth-order valence-corrected chi connectivity index (χ4v) is 7.72. The maximum Gasteiger partial charge on any atom is 0.472 e. The molecule has 0 bridgehead atoms. The van der Waals surface area contributed by atoms with Crippen molar-refractivity contribution in [3.63, 3.8) is 0 Å². The van der Waals surface area contributed by atoms with Gasteiger partial charge in [0.05, 0.1) is 13.2 Å². The molecule has 0 fully saturated rings. The van der Waals surface area contributed by atoms with Gasteiger partial charge in [0.25, 0.3) is 0 Å². The van der Waals surface area contributed by atoms with Gasteiger partial charge in [0, 0.05) is 19.4 Å². The molecule has 2 atom stereocenters. The Kier molecular flexibility index (Phi) is 46.4. The standard InChI is InChI=1S/C52H94NO8P/c1-3-5-7-9-11-13-15-17-19-21-22-23-24-25-26-27-28-29-31-33-35-37-39-41-43-45-52(55)61-50(49-60-62(56,57)59-47-46-53)48-58-51(54)44-42-40-38-36-34-32-30-20-18-16-14-12-10-8-6-4-2/h5,7,11,13,17,19,22-23,25-26,50H,3-4,6,8-10,12,14-16,18,20-21,24,27-49,53H2,1-2H3,(H,56,57)/b7-5-,13-11-,19-17-,23-22-,26-25-. The van der Waals surface area contributed by atoms with Crippen LogP contribution in [-0.2, 0) is 32.7 Å². The van der Waals surface area contributed by atoms with E-state index in [0.717, 1.165) is 77.0 Å². The molecule has 0 amide bonds. The molecule has 0 aromatic rings. The van der Waals surface area contributed by atoms with Crippen LogP contribution in [-0.4, -0.2) is 49.3 Å². The lowest BCUT2D eigenvalue weighted by Crippen LogP contribution is -2.29. The number of carbonyl (C=O) groups is 2. The third kappa shape index (κ3) is 47.2. The molecule has 2 unspecified atom stereocenters. The number of phosphoric ester groups is 1. The van der Waals surface area contributed by atoms with Crippen LogP contribution >= 0.6 is 7.82 Å². The quantitative estimate of drug-likeness (QED) is 0.0265. The van der Waals surface area contributed by atoms with Crippen LogP contribution < -0.4 is 5.73 Å². The summed E-state index contributed by atoms with van der Waals surface area (Å²) in [6.45, 7) is 3.64. The largest absolute Gasteiger partial charge is 0.472 e. The Bertz CT molecular complexity index is 1200. The first kappa shape index (κ1) is 59.7. The number of hydrogen-bond donors (Lipinski definition) is 2. The van der Waals surface area contributed by atoms with Gasteiger partial charge in [-0.15, -0.1) is 0 Å². The molecule has 0 aliphatic heterocycles. The molecule has 10 heteroatoms. The summed E-state index contributed by atoms with van der Waals surface area (Å²) >= 11 is 0. The number of phosphoric acid groups is 1. The van der Waals surface area contributed by atoms with Gasteiger partial charge in [-0.25, -0.2) is 4.57 Å². The number of hydrogen-bond acceptors (Lipinski definition) is 8. The minimum Gasteiger partial charge on any atom is -0.462 e. The van der Waals surface area contributed by atoms with Crippen molar-refractivity contribution in [3.05, 3.63) is 60.8 Å². The highest BCUT2D eigenvalue weighted by molar-refractivity contribution is 7.47. The SMILES string of the molecule is CC/C=C\C/C=C\C/C=C\C/C=C\C/C=C\CCCCCCCCCCCC(=O)OC(COC(=O)CCCCCCCCCCCCCCCCCC)COP(=O)(O)OCCN. The van der Waals surface area contributed by atoms with Gasteiger partial charge < -0.3 is 20.1 Å². The van der Waals surface area contributed by atoms with E-state index in [0.29, 0.717) is 6.42 Å². The van der Waals surface area contributed by atoms with Crippen LogP contribution in [0.5, 0.6) is 0 Å². The molecule has 0 aromatic carbocycles. The molecule has 62 heavy (non-hydrogen) atoms. The van der Waals surface area contributed by atoms with Crippen molar-refractivity contribution in [3.8, 4) is 0 Å². The van der Waals surface area contributed by atoms with Gasteiger partial charge in [-0.2, -0.15) is 0 Å². The third-order valence-corrected chi connectivity index (χ3v) is 11.7. The lowest BCUT2D eigenvalue weighted by Gasteiger charge is -2.19. The van der Waals surface area contributed by atoms with E-state index in [1.807, 2.05) is 0 Å². The van der Waals surface area contributed by atoms with Gasteiger partial charge in [0.2, 0.25) is 0 Å². The van der Waals surface area contributed by atoms with Gasteiger partial charge in [-0.05, 0) is 57.8 Å². The Balaban J connectivity index is 4.06. The molecule has 0 aliphatic rings. The zero-order valence-electron chi connectivity index (χ0n) is 39.8. The zero-order chi connectivity index (χ0) is 45.3. The third-order valence-electron chi connectivity index (χ3n) is 10.7. The molecule has 0 radical (unpaired) electrons. The molecule has 9 nitrogen and oxygen atoms in total. The van der Waals surface area contributed by atoms with Crippen molar-refractivity contribution >= 4 is 19.8 Å². The summed E-state index contributed by atoms with van der Waals surface area (Å²) in [6, 6.07) is 0. The fraction of sp³-hybridized carbons (Fsp3) is 0.769. The number of carbonyl (C=O) groups excluding carboxylic acids is 2. The van der Waals surface area contributed by atoms with Crippen LogP contribution in [0.2, 0.25) is 0 Å². The second-order valence-corrected chi connectivity index (χ2v) is 18.1. The topological polar surface area (TPSA) is 134 Å². The van der Waals surface area contributed by atoms with E-state index in [1.54, 1.807) is 0 Å². The highest BCUT2D eigenvalue weighted by Crippen LogP contribution is 2.43. The molecule has 0 aromatic heterocycles. The lowest BCUT2D eigenvalue weighted by molar-refractivity contribution is -0.161. The predicted molar refractivity (Wildman–Crippen MR) is 261 cm³/mol. The van der Waals surface area contributed by atoms with Crippen molar-refractivity contribution in [2.75, 3.05) is 26.4 Å². The van der Waals surface area contributed by atoms with Crippen molar-refractivity contribution in [2.45, 2.75) is 232 Å². The number of rotatable bonds is 47. The molecule has 0 rings (SSSR count). The van der Waals surface area contributed by atoms with Crippen LogP contribution in [0.25, 0.3) is 0 Å². The summed E-state index contributed by atoms with van der Waals surface area (Å²) in [6.07, 6.45) is 58.2. The second kappa shape index (κ2) is 48.2. The molecular formula is C52H94NO8P. The summed E-state index contributed by atoms with van der Waals surface area (Å²) in [5, 5.41) is 0. The number of allylic oxidation sites excluding steroid dienone is 10. The second-order valence-electron chi connectivity index (χ2n) is 16.7. The maximum atomic E-state index is 12.7. The van der Waals surface area contributed by atoms with Crippen molar-refractivity contribution < 1.29 is 37.6 Å². The summed E-state index contributed by atoms with van der Waals surface area (Å²) in [5.41, 5.74) is 5.36. The first-order valence-electron chi connectivity index (χ1n) is 25.3. The lowest BCUT2D eigenvalue weighted by atomic mass is 10.0. The van der Waals surface area contributed by atoms with Gasteiger partial charge in [0.1, 0.15) is 6.61 Å². The van der Waals surface area contributed by atoms with E-state index >= 15 is 0 Å². The van der Waals surface area contributed by atoms with Crippen LogP contribution in [0.4, 0.5) is 0 Å². The average molecular weight is 892 g/mol. The monoisotopic (exact) mass is 892 g/mol. The molecule has 0 heterocycles. The Hall–Kier alpha value is -2.29. The highest BCUT2D eigenvalue weighted by Gasteiger charge is 2.26. The van der Waals surface area contributed by atoms with E-state index in [-0.39, 0.29) is 38.6 Å². The van der Waals surface area contributed by atoms with Crippen LogP contribution in [0.15, 0.2) is 60.8 Å². The Morgan fingerprint density at radius 3 is 1.32 bits per heavy atom. The van der Waals surface area contributed by atoms with Gasteiger partial charge >= 0.3 is 19.8 Å². The zero-order valence-corrected chi connectivity index (χ0v) is 40.7. The average Bonchev–Trinajstić information content (AvgIpc) is 3.26. The Morgan fingerprint density at radius 2 is 0.887 bits per heavy atom. The van der Waals surface area contributed by atoms with Gasteiger partial charge in [-0.3, -0.25) is 18.6 Å². The summed E-state index contributed by atoms with van der Waals surface area (Å²) in [7, 11) is -4.38. The summed E-state index contributed by atoms with van der Waals surface area (Å²) in [5.74, 6) is -0.830. The van der Waals surface area contributed by atoms with E-state index in [4.69, 9.17) is 24.3 Å². The van der Waals surface area contributed by atoms with E-state index in [2.05, 4.69) is 74.6 Å². The van der Waals surface area contributed by atoms with Crippen molar-refractivity contribution in [1.29, 1.82) is 0 Å². The van der Waals surface area contributed by atoms with E-state index in [1.165, 1.54) is 116 Å². The van der Waals surface area contributed by atoms with E-state index < -0.39 is 26.5 Å². The predicted octanol–water partition coefficient (Wildman–Crippen LogP) is 15.2. The molecule has 0 spiro atoms. The minimum absolute atomic E-state index is 0.0513. The van der Waals surface area contributed by atoms with Crippen LogP contribution in [0.1, 0.15) is 226 Å². The molecule has 0 saturated heterocycles. The maximum absolute atomic E-state index is 12.7. The van der Waals surface area contributed by atoms with E-state index in [9.17, 15) is 19.0 Å². The molecular weight excluding hydrogens is 798 g/mol. The van der Waals surface area contributed by atoms with Gasteiger partial charge in [0.15, 0.2) is 6.10 Å². The minimum atomic E-state index is -4.38. The normalized spacial score (nSPS) is 13.7. The first-order valence-corrected chi connectivity index (χ1v) is 26.8. The number of nitrogens with two attached hydrogens (primary N) is 1. The summed E-state index contributed by atoms with van der Waals surface area (Å²) < 4.78 is 32.9. The highest BCUT2D eigenvalue weighted by atomic mass is 31.2. The Labute approximate surface area is 380 Å². The van der Waals surface area contributed by atoms with Crippen molar-refractivity contribution in [2.24, 2.45) is 5.73 Å². The summed E-state index contributed by atoms with van der Waals surface area (Å²) in [4.78, 5) is 35.0.